The van der Waals surface area contributed by atoms with Crippen LogP contribution in [0.3, 0.4) is 0 Å². The number of carbonyl (C=O) groups excluding carboxylic acids is 1. The molecule has 0 saturated heterocycles. The van der Waals surface area contributed by atoms with E-state index >= 15 is 0 Å². The van der Waals surface area contributed by atoms with Crippen LogP contribution in [0.1, 0.15) is 0 Å². The van der Waals surface area contributed by atoms with Gasteiger partial charge in [-0.25, -0.2) is 4.98 Å². The minimum atomic E-state index is -4.97. The van der Waals surface area contributed by atoms with Gasteiger partial charge in [0.2, 0.25) is 11.8 Å². The SMILES string of the molecule is O=C(Nc1cnc(-c2cc(I)ccc2I)o1)C(F)(F)F. The molecule has 0 unspecified atom stereocenters. The Labute approximate surface area is 138 Å². The van der Waals surface area contributed by atoms with Crippen molar-refractivity contribution in [1.29, 1.82) is 0 Å². The van der Waals surface area contributed by atoms with Crippen molar-refractivity contribution in [2.45, 2.75) is 6.18 Å². The second-order valence-electron chi connectivity index (χ2n) is 3.61. The molecule has 4 nitrogen and oxygen atoms in total. The van der Waals surface area contributed by atoms with Crippen LogP contribution < -0.4 is 5.32 Å². The van der Waals surface area contributed by atoms with Gasteiger partial charge >= 0.3 is 12.1 Å². The van der Waals surface area contributed by atoms with Crippen molar-refractivity contribution in [3.63, 3.8) is 0 Å². The van der Waals surface area contributed by atoms with E-state index in [2.05, 4.69) is 50.2 Å². The molecule has 20 heavy (non-hydrogen) atoms. The Morgan fingerprint density at radius 3 is 2.65 bits per heavy atom. The van der Waals surface area contributed by atoms with Gasteiger partial charge in [-0.2, -0.15) is 13.2 Å². The van der Waals surface area contributed by atoms with Crippen LogP contribution in [0.25, 0.3) is 11.5 Å². The number of hydrogen-bond acceptors (Lipinski definition) is 3. The molecule has 1 N–H and O–H groups in total. The monoisotopic (exact) mass is 508 g/mol. The molecule has 0 spiro atoms. The Bertz CT molecular complexity index is 655. The fourth-order valence-electron chi connectivity index (χ4n) is 1.30. The van der Waals surface area contributed by atoms with Crippen molar-refractivity contribution in [2.24, 2.45) is 0 Å². The lowest BCUT2D eigenvalue weighted by Gasteiger charge is -2.04. The largest absolute Gasteiger partial charge is 0.471 e. The molecule has 0 radical (unpaired) electrons. The molecule has 1 amide bonds. The first kappa shape index (κ1) is 15.5. The van der Waals surface area contributed by atoms with E-state index in [0.29, 0.717) is 5.56 Å². The summed E-state index contributed by atoms with van der Waals surface area (Å²) in [6.07, 6.45) is -3.93. The van der Waals surface area contributed by atoms with Crippen LogP contribution in [-0.4, -0.2) is 17.1 Å². The molecule has 1 aromatic heterocycles. The number of anilines is 1. The van der Waals surface area contributed by atoms with Crippen molar-refractivity contribution in [3.8, 4) is 11.5 Å². The average molecular weight is 508 g/mol. The summed E-state index contributed by atoms with van der Waals surface area (Å²) < 4.78 is 43.2. The van der Waals surface area contributed by atoms with Crippen LogP contribution in [-0.2, 0) is 4.79 Å². The van der Waals surface area contributed by atoms with E-state index in [-0.39, 0.29) is 11.8 Å². The molecule has 0 atom stereocenters. The second-order valence-corrected chi connectivity index (χ2v) is 6.01. The molecule has 9 heteroatoms. The minimum absolute atomic E-state index is 0.144. The summed E-state index contributed by atoms with van der Waals surface area (Å²) in [6.45, 7) is 0. The minimum Gasteiger partial charge on any atom is -0.420 e. The van der Waals surface area contributed by atoms with Crippen LogP contribution in [0.4, 0.5) is 19.1 Å². The van der Waals surface area contributed by atoms with Crippen molar-refractivity contribution < 1.29 is 22.4 Å². The maximum Gasteiger partial charge on any atom is 0.471 e. The predicted octanol–water partition coefficient (Wildman–Crippen LogP) is 4.05. The maximum absolute atomic E-state index is 12.1. The highest BCUT2D eigenvalue weighted by atomic mass is 127. The average Bonchev–Trinajstić information content (AvgIpc) is 2.79. The lowest BCUT2D eigenvalue weighted by atomic mass is 10.2. The molecule has 0 fully saturated rings. The van der Waals surface area contributed by atoms with Crippen molar-refractivity contribution in [3.05, 3.63) is 31.5 Å². The zero-order valence-electron chi connectivity index (χ0n) is 9.46. The number of nitrogens with one attached hydrogen (secondary N) is 1. The Hall–Kier alpha value is -0.850. The van der Waals surface area contributed by atoms with Gasteiger partial charge in [0.25, 0.3) is 0 Å². The molecule has 0 aliphatic carbocycles. The fourth-order valence-corrected chi connectivity index (χ4v) is 2.36. The lowest BCUT2D eigenvalue weighted by molar-refractivity contribution is -0.167. The van der Waals surface area contributed by atoms with E-state index in [9.17, 15) is 18.0 Å². The number of aromatic nitrogens is 1. The highest BCUT2D eigenvalue weighted by Crippen LogP contribution is 2.28. The quantitative estimate of drug-likeness (QED) is 0.624. The second kappa shape index (κ2) is 5.87. The lowest BCUT2D eigenvalue weighted by Crippen LogP contribution is -2.29. The highest BCUT2D eigenvalue weighted by molar-refractivity contribution is 14.1. The summed E-state index contributed by atoms with van der Waals surface area (Å²) in [5.41, 5.74) is 0.644. The number of carbonyl (C=O) groups is 1. The molecule has 2 rings (SSSR count). The Kier molecular flexibility index (Phi) is 4.56. The summed E-state index contributed by atoms with van der Waals surface area (Å²) in [4.78, 5) is 14.6. The van der Waals surface area contributed by atoms with Crippen LogP contribution in [0, 0.1) is 7.14 Å². The van der Waals surface area contributed by atoms with Gasteiger partial charge in [0.15, 0.2) is 0 Å². The summed E-state index contributed by atoms with van der Waals surface area (Å²) in [5.74, 6) is -2.31. The van der Waals surface area contributed by atoms with Gasteiger partial charge in [-0.3, -0.25) is 10.1 Å². The van der Waals surface area contributed by atoms with Crippen molar-refractivity contribution >= 4 is 57.0 Å². The third-order valence-corrected chi connectivity index (χ3v) is 3.77. The summed E-state index contributed by atoms with van der Waals surface area (Å²) in [6, 6.07) is 5.49. The molecule has 2 aromatic rings. The number of nitrogens with zero attached hydrogens (tertiary/aromatic N) is 1. The van der Waals surface area contributed by atoms with Gasteiger partial charge < -0.3 is 4.42 Å². The zero-order chi connectivity index (χ0) is 14.9. The third kappa shape index (κ3) is 3.62. The van der Waals surface area contributed by atoms with Gasteiger partial charge in [-0.15, -0.1) is 0 Å². The Morgan fingerprint density at radius 2 is 2.00 bits per heavy atom. The predicted molar refractivity (Wildman–Crippen MR) is 82.1 cm³/mol. The molecule has 0 saturated carbocycles. The molecular weight excluding hydrogens is 503 g/mol. The number of oxazole rings is 1. The van der Waals surface area contributed by atoms with Gasteiger partial charge in [-0.1, -0.05) is 0 Å². The topological polar surface area (TPSA) is 55.1 Å². The van der Waals surface area contributed by atoms with Crippen LogP contribution in [0.15, 0.2) is 28.8 Å². The number of rotatable bonds is 2. The highest BCUT2D eigenvalue weighted by Gasteiger charge is 2.39. The molecule has 1 heterocycles. The fraction of sp³-hybridized carbons (Fsp3) is 0.0909. The van der Waals surface area contributed by atoms with Gasteiger partial charge in [-0.05, 0) is 63.4 Å². The smallest absolute Gasteiger partial charge is 0.420 e. The van der Waals surface area contributed by atoms with Crippen LogP contribution in [0.2, 0.25) is 0 Å². The molecule has 0 aliphatic rings. The summed E-state index contributed by atoms with van der Waals surface area (Å²) in [7, 11) is 0. The normalized spacial score (nSPS) is 11.4. The first-order chi connectivity index (χ1) is 9.27. The van der Waals surface area contributed by atoms with E-state index in [1.807, 2.05) is 12.1 Å². The van der Waals surface area contributed by atoms with Crippen LogP contribution in [0.5, 0.6) is 0 Å². The standard InChI is InChI=1S/C11H5F3I2N2O2/c12-11(13,14)10(19)18-8-4-17-9(20-8)6-3-5(15)1-2-7(6)16/h1-4H,(H,18,19). The van der Waals surface area contributed by atoms with E-state index in [1.165, 1.54) is 0 Å². The van der Waals surface area contributed by atoms with Gasteiger partial charge in [0.1, 0.15) is 0 Å². The molecule has 106 valence electrons. The van der Waals surface area contributed by atoms with Gasteiger partial charge in [0, 0.05) is 7.14 Å². The van der Waals surface area contributed by atoms with E-state index < -0.39 is 12.1 Å². The third-order valence-electron chi connectivity index (χ3n) is 2.16. The Morgan fingerprint density at radius 1 is 1.30 bits per heavy atom. The molecule has 0 aliphatic heterocycles. The Balaban J connectivity index is 2.25. The molecule has 1 aromatic carbocycles. The number of amides is 1. The number of alkyl halides is 3. The number of hydrogen-bond donors (Lipinski definition) is 1. The first-order valence-electron chi connectivity index (χ1n) is 5.07. The van der Waals surface area contributed by atoms with Crippen LogP contribution >= 0.6 is 45.2 Å². The van der Waals surface area contributed by atoms with E-state index in [1.54, 1.807) is 11.4 Å². The zero-order valence-corrected chi connectivity index (χ0v) is 13.8. The number of benzene rings is 1. The maximum atomic E-state index is 12.1. The first-order valence-corrected chi connectivity index (χ1v) is 7.22. The van der Waals surface area contributed by atoms with Crippen molar-refractivity contribution in [1.82, 2.24) is 4.98 Å². The summed E-state index contributed by atoms with van der Waals surface area (Å²) >= 11 is 4.15. The molecular formula is C11H5F3I2N2O2. The summed E-state index contributed by atoms with van der Waals surface area (Å²) in [5, 5.41) is 1.61. The molecule has 0 bridgehead atoms. The van der Waals surface area contributed by atoms with Gasteiger partial charge in [0.05, 0.1) is 11.8 Å². The van der Waals surface area contributed by atoms with E-state index in [0.717, 1.165) is 13.3 Å². The number of halogens is 5. The van der Waals surface area contributed by atoms with Crippen molar-refractivity contribution in [2.75, 3.05) is 5.32 Å². The van der Waals surface area contributed by atoms with E-state index in [4.69, 9.17) is 4.42 Å².